The van der Waals surface area contributed by atoms with E-state index in [-0.39, 0.29) is 29.6 Å². The molecule has 3 aliphatic carbocycles. The van der Waals surface area contributed by atoms with Crippen molar-refractivity contribution in [1.29, 1.82) is 0 Å². The Hall–Kier alpha value is -9.48. The number of aromatic nitrogens is 9. The molecule has 21 nitrogen and oxygen atoms in total. The van der Waals surface area contributed by atoms with Gasteiger partial charge in [-0.2, -0.15) is 15.3 Å². The quantitative estimate of drug-likeness (QED) is 0.0387. The van der Waals surface area contributed by atoms with E-state index in [0.717, 1.165) is 84.3 Å². The van der Waals surface area contributed by atoms with Crippen LogP contribution in [0.2, 0.25) is 30.1 Å². The zero-order valence-corrected chi connectivity index (χ0v) is 56.0. The maximum Gasteiger partial charge on any atom is 0.316 e. The van der Waals surface area contributed by atoms with Crippen molar-refractivity contribution < 1.29 is 33.9 Å². The zero-order chi connectivity index (χ0) is 68.4. The monoisotopic (exact) mass is 1420 g/mol. The molecule has 8 N–H and O–H groups in total. The van der Waals surface area contributed by atoms with Crippen LogP contribution in [0.25, 0.3) is 50.8 Å². The molecule has 3 aliphatic rings. The Morgan fingerprint density at radius 1 is 0.495 bits per heavy atom. The number of rotatable bonds is 20. The lowest BCUT2D eigenvalue weighted by Crippen LogP contribution is -2.46. The van der Waals surface area contributed by atoms with E-state index in [1.54, 1.807) is 119 Å². The van der Waals surface area contributed by atoms with E-state index in [2.05, 4.69) is 41.1 Å². The number of carbonyl (C=O) groups is 6. The van der Waals surface area contributed by atoms with E-state index < -0.39 is 47.5 Å². The molecule has 10 aromatic rings. The van der Waals surface area contributed by atoms with Gasteiger partial charge in [-0.3, -0.25) is 43.7 Å². The molecule has 496 valence electrons. The van der Waals surface area contributed by atoms with Crippen molar-refractivity contribution in [2.45, 2.75) is 69.7 Å². The molecule has 0 spiro atoms. The number of nitrogens with zero attached hydrogens (tertiary/aromatic N) is 9. The predicted molar refractivity (Wildman–Crippen MR) is 373 cm³/mol. The molecule has 5 unspecified atom stereocenters. The van der Waals surface area contributed by atoms with Crippen LogP contribution in [0.15, 0.2) is 177 Å². The topological polar surface area (TPSA) is 303 Å². The predicted octanol–water partition coefficient (Wildman–Crippen LogP) is 13.7. The summed E-state index contributed by atoms with van der Waals surface area (Å²) in [5.41, 5.74) is 19.2. The highest BCUT2D eigenvalue weighted by atomic mass is 35.5. The lowest BCUT2D eigenvalue weighted by molar-refractivity contribution is -0.146. The Kier molecular flexibility index (Phi) is 22.1. The Morgan fingerprint density at radius 2 is 0.938 bits per heavy atom. The van der Waals surface area contributed by atoms with Crippen molar-refractivity contribution in [2.24, 2.45) is 41.1 Å². The molecule has 27 heteroatoms. The number of pyridine rings is 3. The average molecular weight is 1420 g/mol. The number of carboxylic acid groups (broad SMARTS) is 1. The molecule has 6 heterocycles. The van der Waals surface area contributed by atoms with E-state index in [9.17, 15) is 33.9 Å². The summed E-state index contributed by atoms with van der Waals surface area (Å²) < 4.78 is 4.84. The lowest BCUT2D eigenvalue weighted by atomic mass is 9.79. The molecule has 0 aliphatic heterocycles. The second-order valence-corrected chi connectivity index (χ2v) is 26.0. The van der Waals surface area contributed by atoms with E-state index in [1.807, 2.05) is 66.7 Å². The summed E-state index contributed by atoms with van der Waals surface area (Å²) in [4.78, 5) is 87.2. The third kappa shape index (κ3) is 17.0. The van der Waals surface area contributed by atoms with Gasteiger partial charge in [-0.1, -0.05) is 119 Å². The molecular formula is C70H62Cl6N14O7. The van der Waals surface area contributed by atoms with Crippen LogP contribution in [0.3, 0.4) is 0 Å². The summed E-state index contributed by atoms with van der Waals surface area (Å²) in [6.07, 6.45) is 17.3. The smallest absolute Gasteiger partial charge is 0.316 e. The molecule has 0 saturated heterocycles. The first-order valence-corrected chi connectivity index (χ1v) is 33.2. The van der Waals surface area contributed by atoms with Gasteiger partial charge in [0.2, 0.25) is 29.5 Å². The molecule has 5 atom stereocenters. The van der Waals surface area contributed by atoms with Gasteiger partial charge in [0.15, 0.2) is 0 Å². The van der Waals surface area contributed by atoms with Crippen LogP contribution in [0.1, 0.15) is 68.5 Å². The molecule has 97 heavy (non-hydrogen) atoms. The number of carbonyl (C=O) groups excluding carboxylic acids is 5. The summed E-state index contributed by atoms with van der Waals surface area (Å²) >= 11 is 36.8. The number of halogens is 6. The third-order valence-corrected chi connectivity index (χ3v) is 19.0. The number of benzene rings is 4. The summed E-state index contributed by atoms with van der Waals surface area (Å²) in [5, 5.41) is 34.2. The minimum atomic E-state index is -1.13. The van der Waals surface area contributed by atoms with Crippen LogP contribution in [0.4, 0.5) is 11.6 Å². The number of carboxylic acids is 1. The van der Waals surface area contributed by atoms with Crippen molar-refractivity contribution in [3.05, 3.63) is 218 Å². The first kappa shape index (κ1) is 68.9. The fourth-order valence-corrected chi connectivity index (χ4v) is 12.5. The van der Waals surface area contributed by atoms with Crippen molar-refractivity contribution in [1.82, 2.24) is 49.6 Å². The highest BCUT2D eigenvalue weighted by Gasteiger charge is 2.47. The minimum Gasteiger partial charge on any atom is -0.481 e. The van der Waals surface area contributed by atoms with Crippen LogP contribution in [-0.2, 0) is 35.2 Å². The first-order chi connectivity index (χ1) is 46.8. The number of primary amides is 2. The van der Waals surface area contributed by atoms with Crippen LogP contribution < -0.4 is 27.4 Å². The number of nitrogens with one attached hydrogen (secondary N) is 3. The molecule has 3 fully saturated rings. The summed E-state index contributed by atoms with van der Waals surface area (Å²) in [7, 11) is 0. The summed E-state index contributed by atoms with van der Waals surface area (Å²) in [6, 6.07) is 40.4. The Morgan fingerprint density at radius 3 is 1.36 bits per heavy atom. The SMILES string of the molecule is NC(=O)C(C(=O)Nc1cc(-c2cccnc2)nn1-c1ccc(Cl)c(Cl)c1)C1CCCCC1.NC(=O)C(Cc1ccccc1)NC(=O)C1CC1c1cc(-c2cccnc2)nn1-c1ccc(Cl)c(Cl)c1.O=C(O)C(C(=O)Nc1cc(-c2cccnc2)nn1-c1ccc(Cl)c(Cl)c1)C1CC1. The van der Waals surface area contributed by atoms with Crippen LogP contribution in [0.5, 0.6) is 0 Å². The largest absolute Gasteiger partial charge is 0.481 e. The third-order valence-electron chi connectivity index (χ3n) is 16.8. The second-order valence-electron chi connectivity index (χ2n) is 23.6. The molecule has 6 aromatic heterocycles. The van der Waals surface area contributed by atoms with Crippen molar-refractivity contribution >= 4 is 117 Å². The van der Waals surface area contributed by atoms with E-state index >= 15 is 0 Å². The maximum absolute atomic E-state index is 13.2. The van der Waals surface area contributed by atoms with Gasteiger partial charge in [0.25, 0.3) is 0 Å². The fourth-order valence-electron chi connectivity index (χ4n) is 11.6. The van der Waals surface area contributed by atoms with Gasteiger partial charge in [0.1, 0.15) is 29.5 Å². The van der Waals surface area contributed by atoms with Gasteiger partial charge in [0.05, 0.1) is 64.3 Å². The molecule has 0 radical (unpaired) electrons. The van der Waals surface area contributed by atoms with Gasteiger partial charge in [-0.15, -0.1) is 0 Å². The van der Waals surface area contributed by atoms with Gasteiger partial charge < -0.3 is 32.5 Å². The highest BCUT2D eigenvalue weighted by Crippen LogP contribution is 2.49. The highest BCUT2D eigenvalue weighted by molar-refractivity contribution is 6.43. The fraction of sp³-hybridized carbons (Fsp3) is 0.229. The van der Waals surface area contributed by atoms with Crippen molar-refractivity contribution in [3.8, 4) is 50.8 Å². The number of hydrogen-bond donors (Lipinski definition) is 6. The number of amides is 5. The lowest BCUT2D eigenvalue weighted by Gasteiger charge is -2.27. The summed E-state index contributed by atoms with van der Waals surface area (Å²) in [5.74, 6) is -5.33. The first-order valence-electron chi connectivity index (χ1n) is 30.9. The molecule has 0 bridgehead atoms. The van der Waals surface area contributed by atoms with E-state index in [4.69, 9.17) is 86.2 Å². The zero-order valence-electron chi connectivity index (χ0n) is 51.5. The number of aliphatic carboxylic acids is 1. The Bertz CT molecular complexity index is 4510. The minimum absolute atomic E-state index is 0.0552. The van der Waals surface area contributed by atoms with Crippen LogP contribution >= 0.6 is 69.6 Å². The number of nitrogens with two attached hydrogens (primary N) is 2. The van der Waals surface area contributed by atoms with Gasteiger partial charge >= 0.3 is 5.97 Å². The van der Waals surface area contributed by atoms with E-state index in [0.29, 0.717) is 77.4 Å². The molecule has 3 saturated carbocycles. The normalized spacial score (nSPS) is 15.8. The number of hydrogen-bond acceptors (Lipinski definition) is 12. The standard InChI is InChI=1S/C27H23Cl2N5O2.C23H23Cl2N5O2.C20H16Cl2N4O3/c28-21-9-8-18(12-22(21)29)34-25(14-23(33-34)17-7-4-10-31-15-17)19-13-20(19)27(36)32-24(26(30)35)11-16-5-2-1-3-6-16;24-17-9-8-16(11-18(17)25)30-20(12-19(29-30)15-7-4-10-27-13-15)28-23(32)21(22(26)31)14-5-2-1-3-6-14;21-14-6-5-13(8-15(14)22)26-17(9-16(25-26)12-2-1-7-23-10-12)24-19(27)18(20(28)29)11-3-4-11/h1-10,12,14-15,19-20,24H,11,13H2,(H2,30,35)(H,32,36);4,7-14,21H,1-3,5-6H2,(H2,26,31)(H,28,32);1-2,5-11,18H,3-4H2,(H,24,27)(H,28,29). The van der Waals surface area contributed by atoms with Gasteiger partial charge in [-0.05, 0) is 147 Å². The second kappa shape index (κ2) is 31.2. The molecule has 13 rings (SSSR count). The Balaban J connectivity index is 0.000000148. The van der Waals surface area contributed by atoms with Crippen LogP contribution in [0, 0.1) is 29.6 Å². The van der Waals surface area contributed by atoms with Gasteiger partial charge in [0, 0.05) is 90.0 Å². The molecule has 5 amide bonds. The maximum atomic E-state index is 13.2. The van der Waals surface area contributed by atoms with E-state index in [1.165, 1.54) is 4.68 Å². The Labute approximate surface area is 586 Å². The van der Waals surface area contributed by atoms with Crippen molar-refractivity contribution in [3.63, 3.8) is 0 Å². The van der Waals surface area contributed by atoms with Crippen LogP contribution in [-0.4, -0.2) is 90.9 Å². The van der Waals surface area contributed by atoms with Crippen molar-refractivity contribution in [2.75, 3.05) is 10.6 Å². The molecular weight excluding hydrogens is 1360 g/mol. The summed E-state index contributed by atoms with van der Waals surface area (Å²) in [6.45, 7) is 0. The number of anilines is 2. The van der Waals surface area contributed by atoms with Gasteiger partial charge in [-0.25, -0.2) is 14.0 Å². The average Bonchev–Trinajstić information content (AvgIpc) is 1.60. The molecule has 4 aromatic carbocycles.